The maximum atomic E-state index is 12.3. The zero-order valence-electron chi connectivity index (χ0n) is 13.5. The SMILES string of the molecule is COc1cc(CN(C)C(=O)c2cnc(C(=O)O)cn2)ccc1SC. The molecule has 0 aliphatic rings. The van der Waals surface area contributed by atoms with Crippen molar-refractivity contribution in [2.45, 2.75) is 11.4 Å². The summed E-state index contributed by atoms with van der Waals surface area (Å²) in [6.07, 6.45) is 4.20. The first-order valence-corrected chi connectivity index (χ1v) is 8.20. The highest BCUT2D eigenvalue weighted by Crippen LogP contribution is 2.28. The summed E-state index contributed by atoms with van der Waals surface area (Å²) < 4.78 is 5.34. The van der Waals surface area contributed by atoms with Crippen LogP contribution in [-0.4, -0.2) is 52.3 Å². The Labute approximate surface area is 143 Å². The van der Waals surface area contributed by atoms with E-state index in [1.54, 1.807) is 25.9 Å². The molecule has 0 atom stereocenters. The number of carboxylic acids is 1. The monoisotopic (exact) mass is 347 g/mol. The summed E-state index contributed by atoms with van der Waals surface area (Å²) in [7, 11) is 3.25. The molecule has 0 radical (unpaired) electrons. The van der Waals surface area contributed by atoms with E-state index in [0.29, 0.717) is 6.54 Å². The van der Waals surface area contributed by atoms with E-state index in [-0.39, 0.29) is 17.3 Å². The van der Waals surface area contributed by atoms with E-state index in [1.165, 1.54) is 11.1 Å². The number of methoxy groups -OCH3 is 1. The number of carbonyl (C=O) groups excluding carboxylic acids is 1. The number of hydrogen-bond acceptors (Lipinski definition) is 6. The number of carboxylic acid groups (broad SMARTS) is 1. The van der Waals surface area contributed by atoms with Gasteiger partial charge in [0.05, 0.1) is 19.5 Å². The van der Waals surface area contributed by atoms with Crippen molar-refractivity contribution in [3.63, 3.8) is 0 Å². The molecule has 1 aromatic carbocycles. The van der Waals surface area contributed by atoms with Crippen LogP contribution in [0.2, 0.25) is 0 Å². The molecule has 2 rings (SSSR count). The highest BCUT2D eigenvalue weighted by Gasteiger charge is 2.16. The lowest BCUT2D eigenvalue weighted by molar-refractivity contribution is 0.0687. The molecule has 126 valence electrons. The van der Waals surface area contributed by atoms with E-state index >= 15 is 0 Å². The van der Waals surface area contributed by atoms with Crippen molar-refractivity contribution in [1.82, 2.24) is 14.9 Å². The number of aromatic carboxylic acids is 1. The van der Waals surface area contributed by atoms with Crippen molar-refractivity contribution < 1.29 is 19.4 Å². The number of carbonyl (C=O) groups is 2. The van der Waals surface area contributed by atoms with Gasteiger partial charge in [0.2, 0.25) is 0 Å². The average molecular weight is 347 g/mol. The van der Waals surface area contributed by atoms with E-state index in [1.807, 2.05) is 24.5 Å². The van der Waals surface area contributed by atoms with Crippen molar-refractivity contribution in [2.24, 2.45) is 0 Å². The van der Waals surface area contributed by atoms with Crippen LogP contribution >= 0.6 is 11.8 Å². The smallest absolute Gasteiger partial charge is 0.356 e. The number of hydrogen-bond donors (Lipinski definition) is 1. The first kappa shape index (κ1) is 17.7. The van der Waals surface area contributed by atoms with Gasteiger partial charge in [-0.3, -0.25) is 4.79 Å². The number of benzene rings is 1. The van der Waals surface area contributed by atoms with Crippen LogP contribution in [0.3, 0.4) is 0 Å². The lowest BCUT2D eigenvalue weighted by atomic mass is 10.2. The number of amides is 1. The fourth-order valence-electron chi connectivity index (χ4n) is 2.07. The number of ether oxygens (including phenoxy) is 1. The fraction of sp³-hybridized carbons (Fsp3) is 0.250. The number of aromatic nitrogens is 2. The predicted octanol–water partition coefficient (Wildman–Crippen LogP) is 2.18. The Bertz CT molecular complexity index is 749. The predicted molar refractivity (Wildman–Crippen MR) is 89.6 cm³/mol. The number of nitrogens with zero attached hydrogens (tertiary/aromatic N) is 3. The molecule has 0 unspecified atom stereocenters. The first-order chi connectivity index (χ1) is 11.5. The van der Waals surface area contributed by atoms with E-state index in [0.717, 1.165) is 22.4 Å². The second-order valence-electron chi connectivity index (χ2n) is 4.94. The highest BCUT2D eigenvalue weighted by molar-refractivity contribution is 7.98. The third-order valence-corrected chi connectivity index (χ3v) is 4.08. The molecule has 8 heteroatoms. The maximum absolute atomic E-state index is 12.3. The number of rotatable bonds is 6. The largest absolute Gasteiger partial charge is 0.496 e. The van der Waals surface area contributed by atoms with Crippen LogP contribution < -0.4 is 4.74 Å². The van der Waals surface area contributed by atoms with Crippen LogP contribution in [-0.2, 0) is 6.54 Å². The Morgan fingerprint density at radius 3 is 2.46 bits per heavy atom. The van der Waals surface area contributed by atoms with Gasteiger partial charge >= 0.3 is 5.97 Å². The van der Waals surface area contributed by atoms with E-state index in [4.69, 9.17) is 9.84 Å². The molecule has 0 spiro atoms. The molecule has 0 saturated heterocycles. The van der Waals surface area contributed by atoms with Gasteiger partial charge in [0.25, 0.3) is 5.91 Å². The molecule has 7 nitrogen and oxygen atoms in total. The van der Waals surface area contributed by atoms with E-state index < -0.39 is 5.97 Å². The van der Waals surface area contributed by atoms with Crippen LogP contribution in [0, 0.1) is 0 Å². The molecule has 0 bridgehead atoms. The van der Waals surface area contributed by atoms with Gasteiger partial charge in [0.1, 0.15) is 11.4 Å². The summed E-state index contributed by atoms with van der Waals surface area (Å²) >= 11 is 1.58. The summed E-state index contributed by atoms with van der Waals surface area (Å²) in [5.41, 5.74) is 0.803. The van der Waals surface area contributed by atoms with Crippen LogP contribution in [0.4, 0.5) is 0 Å². The zero-order chi connectivity index (χ0) is 17.7. The fourth-order valence-corrected chi connectivity index (χ4v) is 2.62. The third-order valence-electron chi connectivity index (χ3n) is 3.30. The highest BCUT2D eigenvalue weighted by atomic mass is 32.2. The maximum Gasteiger partial charge on any atom is 0.356 e. The normalized spacial score (nSPS) is 10.3. The minimum atomic E-state index is -1.18. The van der Waals surface area contributed by atoms with Crippen LogP contribution in [0.1, 0.15) is 26.5 Å². The van der Waals surface area contributed by atoms with Crippen molar-refractivity contribution in [1.29, 1.82) is 0 Å². The summed E-state index contributed by atoms with van der Waals surface area (Å²) in [6.45, 7) is 0.367. The molecular weight excluding hydrogens is 330 g/mol. The van der Waals surface area contributed by atoms with Gasteiger partial charge in [-0.1, -0.05) is 6.07 Å². The summed E-state index contributed by atoms with van der Waals surface area (Å²) in [4.78, 5) is 33.2. The molecule has 1 heterocycles. The standard InChI is InChI=1S/C16H17N3O4S/c1-19(9-10-4-5-14(24-3)13(6-10)23-2)15(20)11-7-18-12(8-17-11)16(21)22/h4-8H,9H2,1-3H3,(H,21,22). The molecule has 1 N–H and O–H groups in total. The van der Waals surface area contributed by atoms with Crippen LogP contribution in [0.25, 0.3) is 0 Å². The molecule has 0 aliphatic heterocycles. The van der Waals surface area contributed by atoms with Crippen molar-refractivity contribution in [3.8, 4) is 5.75 Å². The zero-order valence-corrected chi connectivity index (χ0v) is 14.3. The van der Waals surface area contributed by atoms with Gasteiger partial charge in [0, 0.05) is 18.5 Å². The molecule has 2 aromatic rings. The van der Waals surface area contributed by atoms with Gasteiger partial charge in [-0.05, 0) is 24.0 Å². The van der Waals surface area contributed by atoms with Crippen molar-refractivity contribution in [3.05, 3.63) is 47.5 Å². The number of thioether (sulfide) groups is 1. The van der Waals surface area contributed by atoms with Gasteiger partial charge in [-0.25, -0.2) is 14.8 Å². The Hall–Kier alpha value is -2.61. The van der Waals surface area contributed by atoms with Gasteiger partial charge < -0.3 is 14.7 Å². The Balaban J connectivity index is 2.12. The molecular formula is C16H17N3O4S. The van der Waals surface area contributed by atoms with Crippen LogP contribution in [0.5, 0.6) is 5.75 Å². The Morgan fingerprint density at radius 1 is 1.25 bits per heavy atom. The molecule has 0 fully saturated rings. The second kappa shape index (κ2) is 7.78. The minimum absolute atomic E-state index is 0.0928. The quantitative estimate of drug-likeness (QED) is 0.801. The lowest BCUT2D eigenvalue weighted by Crippen LogP contribution is -2.27. The second-order valence-corrected chi connectivity index (χ2v) is 5.79. The molecule has 1 amide bonds. The molecule has 1 aromatic heterocycles. The van der Waals surface area contributed by atoms with Gasteiger partial charge in [0.15, 0.2) is 5.69 Å². The molecule has 24 heavy (non-hydrogen) atoms. The molecule has 0 aliphatic carbocycles. The molecule has 0 saturated carbocycles. The van der Waals surface area contributed by atoms with E-state index in [9.17, 15) is 9.59 Å². The Morgan fingerprint density at radius 2 is 1.92 bits per heavy atom. The van der Waals surface area contributed by atoms with Gasteiger partial charge in [-0.2, -0.15) is 0 Å². The summed E-state index contributed by atoms with van der Waals surface area (Å²) in [6, 6.07) is 5.75. The van der Waals surface area contributed by atoms with Crippen molar-refractivity contribution >= 4 is 23.6 Å². The van der Waals surface area contributed by atoms with E-state index in [2.05, 4.69) is 9.97 Å². The Kier molecular flexibility index (Phi) is 5.75. The topological polar surface area (TPSA) is 92.6 Å². The average Bonchev–Trinajstić information content (AvgIpc) is 2.60. The first-order valence-electron chi connectivity index (χ1n) is 6.98. The van der Waals surface area contributed by atoms with Gasteiger partial charge in [-0.15, -0.1) is 11.8 Å². The van der Waals surface area contributed by atoms with Crippen molar-refractivity contribution in [2.75, 3.05) is 20.4 Å². The summed E-state index contributed by atoms with van der Waals surface area (Å²) in [5, 5.41) is 8.80. The minimum Gasteiger partial charge on any atom is -0.496 e. The summed E-state index contributed by atoms with van der Waals surface area (Å²) in [5.74, 6) is -0.769. The lowest BCUT2D eigenvalue weighted by Gasteiger charge is -2.17. The third kappa shape index (κ3) is 4.02. The van der Waals surface area contributed by atoms with Crippen LogP contribution in [0.15, 0.2) is 35.5 Å².